The van der Waals surface area contributed by atoms with Crippen molar-refractivity contribution < 1.29 is 14.3 Å². The minimum atomic E-state index is -0.254. The molecule has 0 bridgehead atoms. The number of rotatable bonds is 6. The fourth-order valence-corrected chi connectivity index (χ4v) is 2.55. The van der Waals surface area contributed by atoms with Crippen molar-refractivity contribution in [2.24, 2.45) is 0 Å². The number of morpholine rings is 1. The molecule has 2 amide bonds. The van der Waals surface area contributed by atoms with E-state index in [4.69, 9.17) is 4.74 Å². The van der Waals surface area contributed by atoms with Crippen LogP contribution in [-0.2, 0) is 20.7 Å². The Labute approximate surface area is 130 Å². The summed E-state index contributed by atoms with van der Waals surface area (Å²) in [6.45, 7) is 5.44. The predicted octanol–water partition coefficient (Wildman–Crippen LogP) is 1.15. The summed E-state index contributed by atoms with van der Waals surface area (Å²) in [5.74, 6) is -0.204. The summed E-state index contributed by atoms with van der Waals surface area (Å²) in [6.07, 6.45) is 2.29. The molecule has 1 aromatic rings. The number of hydrogen-bond donors (Lipinski definition) is 1. The van der Waals surface area contributed by atoms with E-state index in [0.717, 1.165) is 6.42 Å². The molecule has 118 valence electrons. The molecule has 0 spiro atoms. The first-order valence-corrected chi connectivity index (χ1v) is 7.52. The third kappa shape index (κ3) is 4.70. The van der Waals surface area contributed by atoms with Gasteiger partial charge >= 0.3 is 0 Å². The second-order valence-corrected chi connectivity index (χ2v) is 5.25. The monoisotopic (exact) mass is 302 g/mol. The molecule has 1 saturated heterocycles. The first kappa shape index (κ1) is 16.2. The lowest BCUT2D eigenvalue weighted by molar-refractivity contribution is -0.139. The minimum absolute atomic E-state index is 0.0496. The number of nitrogens with zero attached hydrogens (tertiary/aromatic N) is 1. The molecule has 0 aliphatic carbocycles. The normalized spacial score (nSPS) is 17.8. The number of benzene rings is 1. The molecule has 0 saturated carbocycles. The zero-order valence-electron chi connectivity index (χ0n) is 12.7. The van der Waals surface area contributed by atoms with E-state index in [1.165, 1.54) is 11.6 Å². The second-order valence-electron chi connectivity index (χ2n) is 5.25. The number of nitrogens with one attached hydrogen (secondary N) is 1. The van der Waals surface area contributed by atoms with Crippen LogP contribution in [0.5, 0.6) is 0 Å². The maximum atomic E-state index is 12.4. The highest BCUT2D eigenvalue weighted by molar-refractivity contribution is 5.87. The quantitative estimate of drug-likeness (QED) is 0.802. The lowest BCUT2D eigenvalue weighted by atomic mass is 10.0. The van der Waals surface area contributed by atoms with Gasteiger partial charge in [0.25, 0.3) is 0 Å². The predicted molar refractivity (Wildman–Crippen MR) is 84.3 cm³/mol. The van der Waals surface area contributed by atoms with Crippen LogP contribution in [0.2, 0.25) is 0 Å². The Morgan fingerprint density at radius 1 is 1.36 bits per heavy atom. The van der Waals surface area contributed by atoms with Crippen molar-refractivity contribution in [3.8, 4) is 0 Å². The van der Waals surface area contributed by atoms with Crippen LogP contribution < -0.4 is 5.32 Å². The zero-order valence-corrected chi connectivity index (χ0v) is 12.7. The molecular weight excluding hydrogens is 280 g/mol. The van der Waals surface area contributed by atoms with Gasteiger partial charge in [0.2, 0.25) is 11.8 Å². The Kier molecular flexibility index (Phi) is 6.15. The van der Waals surface area contributed by atoms with Crippen molar-refractivity contribution in [2.45, 2.75) is 18.9 Å². The molecule has 1 atom stereocenters. The summed E-state index contributed by atoms with van der Waals surface area (Å²) < 4.78 is 5.52. The fourth-order valence-electron chi connectivity index (χ4n) is 2.55. The summed E-state index contributed by atoms with van der Waals surface area (Å²) in [5, 5.41) is 2.63. The highest BCUT2D eigenvalue weighted by atomic mass is 16.5. The number of hydrogen-bond acceptors (Lipinski definition) is 3. The van der Waals surface area contributed by atoms with Crippen LogP contribution in [0.3, 0.4) is 0 Å². The van der Waals surface area contributed by atoms with Gasteiger partial charge in [-0.05, 0) is 18.1 Å². The molecule has 1 N–H and O–H groups in total. The minimum Gasteiger partial charge on any atom is -0.377 e. The summed E-state index contributed by atoms with van der Waals surface area (Å²) in [7, 11) is 0. The topological polar surface area (TPSA) is 58.6 Å². The average molecular weight is 302 g/mol. The van der Waals surface area contributed by atoms with Crippen LogP contribution in [-0.4, -0.2) is 49.1 Å². The smallest absolute Gasteiger partial charge is 0.243 e. The number of carbonyl (C=O) groups is 2. The van der Waals surface area contributed by atoms with E-state index >= 15 is 0 Å². The van der Waals surface area contributed by atoms with Crippen LogP contribution in [0.25, 0.3) is 0 Å². The van der Waals surface area contributed by atoms with Crippen LogP contribution in [0.1, 0.15) is 12.0 Å². The maximum absolute atomic E-state index is 12.4. The Morgan fingerprint density at radius 2 is 2.14 bits per heavy atom. The van der Waals surface area contributed by atoms with Crippen molar-refractivity contribution in [3.05, 3.63) is 48.6 Å². The Balaban J connectivity index is 1.89. The first-order chi connectivity index (χ1) is 10.7. The summed E-state index contributed by atoms with van der Waals surface area (Å²) in [4.78, 5) is 25.3. The maximum Gasteiger partial charge on any atom is 0.243 e. The van der Waals surface area contributed by atoms with Crippen molar-refractivity contribution in [1.29, 1.82) is 0 Å². The zero-order chi connectivity index (χ0) is 15.8. The largest absolute Gasteiger partial charge is 0.377 e. The van der Waals surface area contributed by atoms with Crippen molar-refractivity contribution >= 4 is 11.8 Å². The van der Waals surface area contributed by atoms with Gasteiger partial charge in [-0.15, -0.1) is 0 Å². The second kappa shape index (κ2) is 8.34. The standard InChI is InChI=1S/C17H22N2O3/c1-2-16(20)18-9-8-17(21)19-10-11-22-13-15(19)12-14-6-4-3-5-7-14/h2-7,15H,1,8-13H2,(H,18,20)/t15-/m0/s1. The Morgan fingerprint density at radius 3 is 2.86 bits per heavy atom. The summed E-state index contributed by atoms with van der Waals surface area (Å²) >= 11 is 0. The molecular formula is C17H22N2O3. The molecule has 1 fully saturated rings. The van der Waals surface area contributed by atoms with E-state index < -0.39 is 0 Å². The van der Waals surface area contributed by atoms with Gasteiger partial charge in [-0.2, -0.15) is 0 Å². The van der Waals surface area contributed by atoms with Crippen LogP contribution in [0, 0.1) is 0 Å². The third-order valence-corrected chi connectivity index (χ3v) is 3.69. The number of carbonyl (C=O) groups excluding carboxylic acids is 2. The lowest BCUT2D eigenvalue weighted by Crippen LogP contribution is -2.50. The molecule has 1 aliphatic heterocycles. The van der Waals surface area contributed by atoms with Crippen LogP contribution in [0.15, 0.2) is 43.0 Å². The summed E-state index contributed by atoms with van der Waals surface area (Å²) in [6, 6.07) is 10.1. The molecule has 0 unspecified atom stereocenters. The van der Waals surface area contributed by atoms with E-state index in [1.807, 2.05) is 23.1 Å². The highest BCUT2D eigenvalue weighted by Gasteiger charge is 2.27. The highest BCUT2D eigenvalue weighted by Crippen LogP contribution is 2.14. The van der Waals surface area contributed by atoms with E-state index in [1.54, 1.807) is 0 Å². The van der Waals surface area contributed by atoms with Crippen molar-refractivity contribution in [1.82, 2.24) is 10.2 Å². The molecule has 1 aliphatic rings. The first-order valence-electron chi connectivity index (χ1n) is 7.52. The van der Waals surface area contributed by atoms with E-state index in [2.05, 4.69) is 24.0 Å². The Bertz CT molecular complexity index is 516. The van der Waals surface area contributed by atoms with Crippen LogP contribution in [0.4, 0.5) is 0 Å². The molecule has 1 heterocycles. The molecule has 5 nitrogen and oxygen atoms in total. The van der Waals surface area contributed by atoms with Gasteiger partial charge in [-0.25, -0.2) is 0 Å². The van der Waals surface area contributed by atoms with Crippen LogP contribution >= 0.6 is 0 Å². The van der Waals surface area contributed by atoms with Gasteiger partial charge in [0.15, 0.2) is 0 Å². The molecule has 0 aromatic heterocycles. The van der Waals surface area contributed by atoms with Gasteiger partial charge < -0.3 is 15.0 Å². The van der Waals surface area contributed by atoms with Gasteiger partial charge in [-0.1, -0.05) is 36.9 Å². The van der Waals surface area contributed by atoms with E-state index in [-0.39, 0.29) is 17.9 Å². The SMILES string of the molecule is C=CC(=O)NCCC(=O)N1CCOC[C@@H]1Cc1ccccc1. The van der Waals surface area contributed by atoms with Gasteiger partial charge in [-0.3, -0.25) is 9.59 Å². The average Bonchev–Trinajstić information content (AvgIpc) is 2.56. The molecule has 2 rings (SSSR count). The molecule has 22 heavy (non-hydrogen) atoms. The van der Waals surface area contributed by atoms with Gasteiger partial charge in [0.05, 0.1) is 19.3 Å². The summed E-state index contributed by atoms with van der Waals surface area (Å²) in [5.41, 5.74) is 1.19. The van der Waals surface area contributed by atoms with Crippen molar-refractivity contribution in [2.75, 3.05) is 26.3 Å². The number of ether oxygens (including phenoxy) is 1. The number of amides is 2. The van der Waals surface area contributed by atoms with E-state index in [9.17, 15) is 9.59 Å². The van der Waals surface area contributed by atoms with Gasteiger partial charge in [0, 0.05) is 19.5 Å². The molecule has 5 heteroatoms. The molecule has 0 radical (unpaired) electrons. The molecule has 1 aromatic carbocycles. The third-order valence-electron chi connectivity index (χ3n) is 3.69. The Hall–Kier alpha value is -2.14. The lowest BCUT2D eigenvalue weighted by Gasteiger charge is -2.36. The van der Waals surface area contributed by atoms with Gasteiger partial charge in [0.1, 0.15) is 0 Å². The van der Waals surface area contributed by atoms with Crippen molar-refractivity contribution in [3.63, 3.8) is 0 Å². The van der Waals surface area contributed by atoms with E-state index in [0.29, 0.717) is 32.7 Å². The fraction of sp³-hybridized carbons (Fsp3) is 0.412.